The van der Waals surface area contributed by atoms with Crippen molar-refractivity contribution in [2.75, 3.05) is 13.2 Å². The van der Waals surface area contributed by atoms with Crippen LogP contribution >= 0.6 is 0 Å². The number of aliphatic hydroxyl groups excluding tert-OH is 5. The molecule has 7 atom stereocenters. The van der Waals surface area contributed by atoms with Crippen LogP contribution in [0.15, 0.2) is 48.6 Å². The molecule has 0 aromatic carbocycles. The maximum Gasteiger partial charge on any atom is 0.220 e. The highest BCUT2D eigenvalue weighted by Gasteiger charge is 2.44. The van der Waals surface area contributed by atoms with Gasteiger partial charge < -0.3 is 40.3 Å². The van der Waals surface area contributed by atoms with Crippen LogP contribution < -0.4 is 5.32 Å². The van der Waals surface area contributed by atoms with Crippen molar-refractivity contribution < 1.29 is 39.8 Å². The van der Waals surface area contributed by atoms with Crippen LogP contribution in [0.1, 0.15) is 226 Å². The summed E-state index contributed by atoms with van der Waals surface area (Å²) < 4.78 is 11.2. The van der Waals surface area contributed by atoms with Gasteiger partial charge in [-0.3, -0.25) is 4.79 Å². The van der Waals surface area contributed by atoms with Crippen LogP contribution in [0.3, 0.4) is 0 Å². The van der Waals surface area contributed by atoms with E-state index in [1.807, 2.05) is 6.08 Å². The summed E-state index contributed by atoms with van der Waals surface area (Å²) in [5.41, 5.74) is 0. The summed E-state index contributed by atoms with van der Waals surface area (Å²) in [4.78, 5) is 13.0. The smallest absolute Gasteiger partial charge is 0.220 e. The van der Waals surface area contributed by atoms with Gasteiger partial charge in [0.1, 0.15) is 24.4 Å². The molecule has 1 aliphatic heterocycles. The third-order valence-electron chi connectivity index (χ3n) is 12.1. The zero-order valence-corrected chi connectivity index (χ0v) is 39.9. The summed E-state index contributed by atoms with van der Waals surface area (Å²) in [7, 11) is 0. The zero-order valence-electron chi connectivity index (χ0n) is 39.9. The van der Waals surface area contributed by atoms with Crippen LogP contribution in [0.4, 0.5) is 0 Å². The van der Waals surface area contributed by atoms with Crippen molar-refractivity contribution in [3.05, 3.63) is 48.6 Å². The maximum atomic E-state index is 13.0. The number of hydrogen-bond acceptors (Lipinski definition) is 8. The summed E-state index contributed by atoms with van der Waals surface area (Å²) in [6.45, 7) is 3.76. The molecule has 1 fully saturated rings. The minimum Gasteiger partial charge on any atom is -0.394 e. The first-order valence-corrected chi connectivity index (χ1v) is 25.9. The number of carbonyl (C=O) groups is 1. The topological polar surface area (TPSA) is 149 Å². The van der Waals surface area contributed by atoms with Crippen LogP contribution in [-0.2, 0) is 14.3 Å². The van der Waals surface area contributed by atoms with Crippen molar-refractivity contribution in [3.63, 3.8) is 0 Å². The van der Waals surface area contributed by atoms with E-state index in [4.69, 9.17) is 9.47 Å². The molecule has 0 saturated carbocycles. The Labute approximate surface area is 380 Å². The van der Waals surface area contributed by atoms with E-state index in [1.165, 1.54) is 141 Å². The number of aliphatic hydroxyl groups is 5. The molecule has 62 heavy (non-hydrogen) atoms. The average molecular weight is 876 g/mol. The van der Waals surface area contributed by atoms with E-state index in [2.05, 4.69) is 55.6 Å². The Morgan fingerprint density at radius 3 is 1.40 bits per heavy atom. The number of nitrogens with one attached hydrogen (secondary N) is 1. The minimum atomic E-state index is -1.57. The van der Waals surface area contributed by atoms with Crippen LogP contribution in [0, 0.1) is 0 Å². The summed E-state index contributed by atoms with van der Waals surface area (Å²) in [6.07, 6.45) is 48.6. The molecule has 9 nitrogen and oxygen atoms in total. The summed E-state index contributed by atoms with van der Waals surface area (Å²) in [6, 6.07) is -0.813. The SMILES string of the molecule is CCCCCCC/C=C\C/C=C\C/C=C\CCCCCCCCC(=O)NC(COC1OC(CO)C(O)C(O)C1O)C(O)/C=C/CCCCCCCCCCCCCCCCCC. The molecule has 1 heterocycles. The van der Waals surface area contributed by atoms with Crippen molar-refractivity contribution in [3.8, 4) is 0 Å². The highest BCUT2D eigenvalue weighted by Crippen LogP contribution is 2.23. The number of carbonyl (C=O) groups excluding carboxylic acids is 1. The van der Waals surface area contributed by atoms with E-state index in [1.54, 1.807) is 6.08 Å². The first-order chi connectivity index (χ1) is 30.3. The quantitative estimate of drug-likeness (QED) is 0.0262. The number of rotatable bonds is 43. The van der Waals surface area contributed by atoms with Gasteiger partial charge in [0.2, 0.25) is 5.91 Å². The predicted octanol–water partition coefficient (Wildman–Crippen LogP) is 11.8. The summed E-state index contributed by atoms with van der Waals surface area (Å²) >= 11 is 0. The van der Waals surface area contributed by atoms with E-state index in [0.29, 0.717) is 6.42 Å². The lowest BCUT2D eigenvalue weighted by molar-refractivity contribution is -0.302. The van der Waals surface area contributed by atoms with Crippen molar-refractivity contribution >= 4 is 5.91 Å². The normalized spacial score (nSPS) is 20.7. The molecule has 0 bridgehead atoms. The monoisotopic (exact) mass is 876 g/mol. The molecule has 0 radical (unpaired) electrons. The van der Waals surface area contributed by atoms with Gasteiger partial charge in [0.25, 0.3) is 0 Å². The van der Waals surface area contributed by atoms with Crippen LogP contribution in [0.5, 0.6) is 0 Å². The van der Waals surface area contributed by atoms with Gasteiger partial charge in [-0.25, -0.2) is 0 Å². The molecule has 1 amide bonds. The number of amides is 1. The standard InChI is InChI=1S/C53H97NO8/c1-3-5-7-9-11-13-15-17-19-21-23-24-25-27-29-31-33-35-37-39-41-43-49(57)54-46(45-61-53-52(60)51(59)50(58)48(44-55)62-53)47(56)42-40-38-36-34-32-30-28-26-22-20-18-16-14-12-10-8-6-4-2/h15,17,21,23,25,27,40,42,46-48,50-53,55-56,58-60H,3-14,16,18-20,22,24,26,28-39,41,43-45H2,1-2H3,(H,54,57)/b17-15-,23-21-,27-25-,42-40+. The van der Waals surface area contributed by atoms with Crippen LogP contribution in [0.25, 0.3) is 0 Å². The number of unbranched alkanes of at least 4 members (excludes halogenated alkanes) is 27. The Balaban J connectivity index is 2.32. The molecular formula is C53H97NO8. The summed E-state index contributed by atoms with van der Waals surface area (Å²) in [5, 5.41) is 54.4. The van der Waals surface area contributed by atoms with Crippen molar-refractivity contribution in [1.82, 2.24) is 5.32 Å². The Hall–Kier alpha value is -1.85. The van der Waals surface area contributed by atoms with Gasteiger partial charge >= 0.3 is 0 Å². The molecular weight excluding hydrogens is 779 g/mol. The second kappa shape index (κ2) is 43.1. The first-order valence-electron chi connectivity index (χ1n) is 25.9. The van der Waals surface area contributed by atoms with E-state index in [-0.39, 0.29) is 12.5 Å². The Bertz CT molecular complexity index is 1110. The Morgan fingerprint density at radius 1 is 0.548 bits per heavy atom. The van der Waals surface area contributed by atoms with Gasteiger partial charge in [0.05, 0.1) is 25.4 Å². The van der Waals surface area contributed by atoms with Gasteiger partial charge in [-0.15, -0.1) is 0 Å². The third kappa shape index (κ3) is 32.8. The van der Waals surface area contributed by atoms with Crippen molar-refractivity contribution in [2.24, 2.45) is 0 Å². The maximum absolute atomic E-state index is 13.0. The lowest BCUT2D eigenvalue weighted by atomic mass is 9.99. The van der Waals surface area contributed by atoms with Crippen LogP contribution in [-0.4, -0.2) is 87.5 Å². The second-order valence-electron chi connectivity index (χ2n) is 18.0. The molecule has 7 unspecified atom stereocenters. The molecule has 1 aliphatic rings. The van der Waals surface area contributed by atoms with Gasteiger partial charge in [0.15, 0.2) is 6.29 Å². The van der Waals surface area contributed by atoms with Crippen molar-refractivity contribution in [1.29, 1.82) is 0 Å². The van der Waals surface area contributed by atoms with Gasteiger partial charge in [-0.05, 0) is 57.8 Å². The van der Waals surface area contributed by atoms with E-state index in [9.17, 15) is 30.3 Å². The fourth-order valence-corrected chi connectivity index (χ4v) is 7.99. The number of ether oxygens (including phenoxy) is 2. The highest BCUT2D eigenvalue weighted by atomic mass is 16.7. The first kappa shape index (κ1) is 58.2. The zero-order chi connectivity index (χ0) is 45.1. The Kier molecular flexibility index (Phi) is 40.4. The number of hydrogen-bond donors (Lipinski definition) is 6. The van der Waals surface area contributed by atoms with E-state index < -0.39 is 49.5 Å². The average Bonchev–Trinajstić information content (AvgIpc) is 3.27. The largest absolute Gasteiger partial charge is 0.394 e. The predicted molar refractivity (Wildman–Crippen MR) is 258 cm³/mol. The molecule has 0 aromatic heterocycles. The molecule has 362 valence electrons. The second-order valence-corrected chi connectivity index (χ2v) is 18.0. The number of allylic oxidation sites excluding steroid dienone is 7. The summed E-state index contributed by atoms with van der Waals surface area (Å²) in [5.74, 6) is -0.189. The lowest BCUT2D eigenvalue weighted by Crippen LogP contribution is -2.60. The fraction of sp³-hybridized carbons (Fsp3) is 0.830. The molecule has 1 saturated heterocycles. The highest BCUT2D eigenvalue weighted by molar-refractivity contribution is 5.76. The molecule has 1 rings (SSSR count). The van der Waals surface area contributed by atoms with Crippen LogP contribution in [0.2, 0.25) is 0 Å². The molecule has 6 N–H and O–H groups in total. The molecule has 0 spiro atoms. The third-order valence-corrected chi connectivity index (χ3v) is 12.1. The molecule has 0 aromatic rings. The molecule has 0 aliphatic carbocycles. The Morgan fingerprint density at radius 2 is 0.952 bits per heavy atom. The van der Waals surface area contributed by atoms with E-state index >= 15 is 0 Å². The fourth-order valence-electron chi connectivity index (χ4n) is 7.99. The van der Waals surface area contributed by atoms with Gasteiger partial charge in [0, 0.05) is 6.42 Å². The van der Waals surface area contributed by atoms with Gasteiger partial charge in [-0.2, -0.15) is 0 Å². The molecule has 9 heteroatoms. The lowest BCUT2D eigenvalue weighted by Gasteiger charge is -2.40. The van der Waals surface area contributed by atoms with Crippen molar-refractivity contribution in [2.45, 2.75) is 269 Å². The van der Waals surface area contributed by atoms with E-state index in [0.717, 1.165) is 64.2 Å². The van der Waals surface area contributed by atoms with Gasteiger partial charge in [-0.1, -0.05) is 210 Å². The minimum absolute atomic E-state index is 0.189.